The molecule has 2 N–H and O–H groups in total. The van der Waals surface area contributed by atoms with E-state index in [1.807, 2.05) is 43.0 Å². The molecule has 1 aromatic carbocycles. The standard InChI is InChI=1S/C21H27N3O2/c1-15-10-19(21(25)24-8-5-17(12-22)6-9-24)11-16(2)20(15)26-14-18-4-3-7-23-13-18/h3-4,7,10-11,13,17H,5-6,8-9,12,14,22H2,1-2H3. The summed E-state index contributed by atoms with van der Waals surface area (Å²) < 4.78 is 5.98. The van der Waals surface area contributed by atoms with Gasteiger partial charge in [0.15, 0.2) is 0 Å². The highest BCUT2D eigenvalue weighted by molar-refractivity contribution is 5.95. The summed E-state index contributed by atoms with van der Waals surface area (Å²) in [7, 11) is 0. The minimum atomic E-state index is 0.102. The van der Waals surface area contributed by atoms with Crippen LogP contribution in [0.5, 0.6) is 5.75 Å². The van der Waals surface area contributed by atoms with E-state index in [-0.39, 0.29) is 5.91 Å². The van der Waals surface area contributed by atoms with Gasteiger partial charge in [0.25, 0.3) is 5.91 Å². The zero-order valence-corrected chi connectivity index (χ0v) is 15.6. The average molecular weight is 353 g/mol. The summed E-state index contributed by atoms with van der Waals surface area (Å²) in [4.78, 5) is 18.9. The highest BCUT2D eigenvalue weighted by Crippen LogP contribution is 2.27. The Morgan fingerprint density at radius 1 is 1.27 bits per heavy atom. The van der Waals surface area contributed by atoms with Crippen LogP contribution in [0.1, 0.15) is 39.9 Å². The van der Waals surface area contributed by atoms with Crippen LogP contribution in [0, 0.1) is 19.8 Å². The fourth-order valence-corrected chi connectivity index (χ4v) is 3.49. The lowest BCUT2D eigenvalue weighted by molar-refractivity contribution is 0.0693. The smallest absolute Gasteiger partial charge is 0.253 e. The molecule has 1 aliphatic heterocycles. The molecule has 3 rings (SSSR count). The van der Waals surface area contributed by atoms with Crippen molar-refractivity contribution in [2.45, 2.75) is 33.3 Å². The summed E-state index contributed by atoms with van der Waals surface area (Å²) in [5.41, 5.74) is 9.46. The maximum absolute atomic E-state index is 12.8. The number of aryl methyl sites for hydroxylation is 2. The van der Waals surface area contributed by atoms with Gasteiger partial charge in [-0.05, 0) is 68.5 Å². The van der Waals surface area contributed by atoms with Crippen LogP contribution in [0.15, 0.2) is 36.7 Å². The van der Waals surface area contributed by atoms with E-state index in [1.54, 1.807) is 12.4 Å². The van der Waals surface area contributed by atoms with E-state index in [0.717, 1.165) is 53.9 Å². The van der Waals surface area contributed by atoms with E-state index in [1.165, 1.54) is 0 Å². The Morgan fingerprint density at radius 3 is 2.54 bits per heavy atom. The number of pyridine rings is 1. The number of benzene rings is 1. The normalized spacial score (nSPS) is 15.1. The van der Waals surface area contributed by atoms with Gasteiger partial charge in [-0.2, -0.15) is 0 Å². The van der Waals surface area contributed by atoms with Crippen LogP contribution in [-0.2, 0) is 6.61 Å². The average Bonchev–Trinajstić information content (AvgIpc) is 2.67. The molecule has 1 saturated heterocycles. The molecule has 0 spiro atoms. The number of aromatic nitrogens is 1. The van der Waals surface area contributed by atoms with Crippen LogP contribution < -0.4 is 10.5 Å². The van der Waals surface area contributed by atoms with Gasteiger partial charge in [-0.3, -0.25) is 9.78 Å². The van der Waals surface area contributed by atoms with Crippen LogP contribution in [0.2, 0.25) is 0 Å². The summed E-state index contributed by atoms with van der Waals surface area (Å²) in [5.74, 6) is 1.49. The number of hydrogen-bond donors (Lipinski definition) is 1. The molecule has 0 bridgehead atoms. The van der Waals surface area contributed by atoms with E-state index in [4.69, 9.17) is 10.5 Å². The van der Waals surface area contributed by atoms with Crippen molar-refractivity contribution < 1.29 is 9.53 Å². The van der Waals surface area contributed by atoms with Gasteiger partial charge in [-0.1, -0.05) is 6.07 Å². The number of carbonyl (C=O) groups is 1. The number of piperidine rings is 1. The quantitative estimate of drug-likeness (QED) is 0.897. The van der Waals surface area contributed by atoms with E-state index < -0.39 is 0 Å². The maximum atomic E-state index is 12.8. The minimum Gasteiger partial charge on any atom is -0.488 e. The Hall–Kier alpha value is -2.40. The third kappa shape index (κ3) is 4.22. The molecule has 1 amide bonds. The first-order valence-corrected chi connectivity index (χ1v) is 9.20. The van der Waals surface area contributed by atoms with Crippen molar-refractivity contribution in [3.05, 3.63) is 58.9 Å². The van der Waals surface area contributed by atoms with Crippen molar-refractivity contribution in [3.8, 4) is 5.75 Å². The molecule has 0 aliphatic carbocycles. The van der Waals surface area contributed by atoms with Gasteiger partial charge in [-0.15, -0.1) is 0 Å². The number of likely N-dealkylation sites (tertiary alicyclic amines) is 1. The fraction of sp³-hybridized carbons (Fsp3) is 0.429. The molecule has 0 unspecified atom stereocenters. The first-order valence-electron chi connectivity index (χ1n) is 9.20. The summed E-state index contributed by atoms with van der Waals surface area (Å²) in [6, 6.07) is 7.75. The molecule has 26 heavy (non-hydrogen) atoms. The first-order chi connectivity index (χ1) is 12.6. The molecule has 2 heterocycles. The van der Waals surface area contributed by atoms with E-state index in [2.05, 4.69) is 4.98 Å². The largest absolute Gasteiger partial charge is 0.488 e. The Bertz CT molecular complexity index is 730. The Kier molecular flexibility index (Phi) is 5.89. The van der Waals surface area contributed by atoms with Crippen molar-refractivity contribution in [2.75, 3.05) is 19.6 Å². The second-order valence-corrected chi connectivity index (χ2v) is 7.06. The molecular formula is C21H27N3O2. The third-order valence-electron chi connectivity index (χ3n) is 5.05. The minimum absolute atomic E-state index is 0.102. The lowest BCUT2D eigenvalue weighted by Crippen LogP contribution is -2.40. The zero-order valence-electron chi connectivity index (χ0n) is 15.6. The van der Waals surface area contributed by atoms with Crippen molar-refractivity contribution in [2.24, 2.45) is 11.7 Å². The molecule has 0 radical (unpaired) electrons. The molecule has 1 aliphatic rings. The summed E-state index contributed by atoms with van der Waals surface area (Å²) >= 11 is 0. The molecular weight excluding hydrogens is 326 g/mol. The predicted molar refractivity (Wildman–Crippen MR) is 102 cm³/mol. The van der Waals surface area contributed by atoms with Gasteiger partial charge in [0.2, 0.25) is 0 Å². The van der Waals surface area contributed by atoms with Crippen molar-refractivity contribution in [3.63, 3.8) is 0 Å². The maximum Gasteiger partial charge on any atom is 0.253 e. The Labute approximate surface area is 155 Å². The van der Waals surface area contributed by atoms with Crippen LogP contribution in [0.4, 0.5) is 0 Å². The Balaban J connectivity index is 1.69. The van der Waals surface area contributed by atoms with Gasteiger partial charge in [0, 0.05) is 36.6 Å². The number of rotatable bonds is 5. The highest BCUT2D eigenvalue weighted by atomic mass is 16.5. The number of ether oxygens (including phenoxy) is 1. The molecule has 5 nitrogen and oxygen atoms in total. The molecule has 1 aromatic heterocycles. The lowest BCUT2D eigenvalue weighted by Gasteiger charge is -2.31. The van der Waals surface area contributed by atoms with Gasteiger partial charge >= 0.3 is 0 Å². The highest BCUT2D eigenvalue weighted by Gasteiger charge is 2.23. The lowest BCUT2D eigenvalue weighted by atomic mass is 9.96. The van der Waals surface area contributed by atoms with Gasteiger partial charge in [0.1, 0.15) is 12.4 Å². The van der Waals surface area contributed by atoms with Crippen molar-refractivity contribution >= 4 is 5.91 Å². The molecule has 0 saturated carbocycles. The van der Waals surface area contributed by atoms with Crippen LogP contribution in [0.25, 0.3) is 0 Å². The van der Waals surface area contributed by atoms with Crippen molar-refractivity contribution in [1.29, 1.82) is 0 Å². The first kappa shape index (κ1) is 18.4. The number of nitrogens with two attached hydrogens (primary N) is 1. The molecule has 5 heteroatoms. The number of amides is 1. The predicted octanol–water partition coefficient (Wildman–Crippen LogP) is 3.09. The monoisotopic (exact) mass is 353 g/mol. The summed E-state index contributed by atoms with van der Waals surface area (Å²) in [6.45, 7) is 6.74. The van der Waals surface area contributed by atoms with E-state index in [0.29, 0.717) is 19.1 Å². The van der Waals surface area contributed by atoms with Gasteiger partial charge < -0.3 is 15.4 Å². The van der Waals surface area contributed by atoms with E-state index >= 15 is 0 Å². The summed E-state index contributed by atoms with van der Waals surface area (Å²) in [6.07, 6.45) is 5.53. The van der Waals surface area contributed by atoms with Gasteiger partial charge in [-0.25, -0.2) is 0 Å². The van der Waals surface area contributed by atoms with Crippen LogP contribution in [-0.4, -0.2) is 35.4 Å². The molecule has 138 valence electrons. The molecule has 2 aromatic rings. The zero-order chi connectivity index (χ0) is 18.5. The number of carbonyl (C=O) groups excluding carboxylic acids is 1. The third-order valence-corrected chi connectivity index (χ3v) is 5.05. The van der Waals surface area contributed by atoms with Crippen LogP contribution in [0.3, 0.4) is 0 Å². The number of nitrogens with zero attached hydrogens (tertiary/aromatic N) is 2. The SMILES string of the molecule is Cc1cc(C(=O)N2CCC(CN)CC2)cc(C)c1OCc1cccnc1. The molecule has 0 atom stereocenters. The number of hydrogen-bond acceptors (Lipinski definition) is 4. The van der Waals surface area contributed by atoms with Crippen molar-refractivity contribution in [1.82, 2.24) is 9.88 Å². The molecule has 1 fully saturated rings. The van der Waals surface area contributed by atoms with Crippen LogP contribution >= 0.6 is 0 Å². The fourth-order valence-electron chi connectivity index (χ4n) is 3.49. The topological polar surface area (TPSA) is 68.5 Å². The van der Waals surface area contributed by atoms with Gasteiger partial charge in [0.05, 0.1) is 0 Å². The second-order valence-electron chi connectivity index (χ2n) is 7.06. The van der Waals surface area contributed by atoms with E-state index in [9.17, 15) is 4.79 Å². The Morgan fingerprint density at radius 2 is 1.96 bits per heavy atom. The second kappa shape index (κ2) is 8.32. The summed E-state index contributed by atoms with van der Waals surface area (Å²) in [5, 5.41) is 0.